The molecule has 132 valence electrons. The summed E-state index contributed by atoms with van der Waals surface area (Å²) < 4.78 is 51.2. The van der Waals surface area contributed by atoms with Crippen LogP contribution in [0.15, 0.2) is 18.2 Å². The third-order valence-corrected chi connectivity index (χ3v) is 3.84. The summed E-state index contributed by atoms with van der Waals surface area (Å²) in [4.78, 5) is 24.1. The van der Waals surface area contributed by atoms with Gasteiger partial charge in [-0.15, -0.1) is 0 Å². The number of nitrogens with one attached hydrogen (secondary N) is 1. The lowest BCUT2D eigenvalue weighted by molar-refractivity contribution is -0.140. The number of piperidine rings is 1. The summed E-state index contributed by atoms with van der Waals surface area (Å²) in [6, 6.07) is 1.85. The zero-order valence-corrected chi connectivity index (χ0v) is 12.6. The summed E-state index contributed by atoms with van der Waals surface area (Å²) in [5.41, 5.74) is -1.73. The first kappa shape index (κ1) is 18.2. The summed E-state index contributed by atoms with van der Waals surface area (Å²) in [6.07, 6.45) is -4.64. The minimum atomic E-state index is -4.88. The van der Waals surface area contributed by atoms with Crippen molar-refractivity contribution in [2.75, 3.05) is 19.6 Å². The largest absolute Gasteiger partial charge is 0.465 e. The fourth-order valence-corrected chi connectivity index (χ4v) is 2.57. The Hall–Kier alpha value is -2.16. The number of rotatable bonds is 4. The van der Waals surface area contributed by atoms with Crippen LogP contribution in [0.4, 0.5) is 22.4 Å². The molecule has 1 atom stereocenters. The number of benzene rings is 1. The highest BCUT2D eigenvalue weighted by molar-refractivity contribution is 5.97. The lowest BCUT2D eigenvalue weighted by Crippen LogP contribution is -2.48. The molecule has 0 unspecified atom stereocenters. The van der Waals surface area contributed by atoms with Crippen LogP contribution in [0.1, 0.15) is 28.8 Å². The van der Waals surface area contributed by atoms with E-state index < -0.39 is 29.4 Å². The average molecular weight is 348 g/mol. The van der Waals surface area contributed by atoms with Crippen LogP contribution in [0, 0.1) is 5.82 Å². The molecule has 2 rings (SSSR count). The quantitative estimate of drug-likeness (QED) is 0.648. The van der Waals surface area contributed by atoms with E-state index in [1.54, 1.807) is 0 Å². The molecule has 9 heteroatoms. The number of carbonyl (C=O) groups excluding carboxylic acids is 1. The first-order valence-corrected chi connectivity index (χ1v) is 7.29. The van der Waals surface area contributed by atoms with Crippen LogP contribution in [-0.4, -0.2) is 47.6 Å². The number of halogens is 4. The first-order chi connectivity index (χ1) is 11.2. The third kappa shape index (κ3) is 4.44. The van der Waals surface area contributed by atoms with Gasteiger partial charge in [-0.3, -0.25) is 4.79 Å². The monoisotopic (exact) mass is 348 g/mol. The van der Waals surface area contributed by atoms with Gasteiger partial charge in [0.15, 0.2) is 5.78 Å². The van der Waals surface area contributed by atoms with Gasteiger partial charge in [0.25, 0.3) is 0 Å². The molecule has 1 aromatic rings. The number of alkyl halides is 3. The highest BCUT2D eigenvalue weighted by atomic mass is 19.4. The van der Waals surface area contributed by atoms with E-state index in [9.17, 15) is 27.2 Å². The van der Waals surface area contributed by atoms with Gasteiger partial charge in [-0.25, -0.2) is 9.18 Å². The summed E-state index contributed by atoms with van der Waals surface area (Å²) in [5, 5.41) is 11.8. The van der Waals surface area contributed by atoms with E-state index in [0.29, 0.717) is 31.5 Å². The Kier molecular flexibility index (Phi) is 5.43. The first-order valence-electron chi connectivity index (χ1n) is 7.29. The Morgan fingerprint density at radius 2 is 2.04 bits per heavy atom. The van der Waals surface area contributed by atoms with Gasteiger partial charge in [0, 0.05) is 24.7 Å². The molecular weight excluding hydrogens is 332 g/mol. The van der Waals surface area contributed by atoms with Gasteiger partial charge in [0.05, 0.1) is 12.1 Å². The molecule has 0 saturated carbocycles. The second-order valence-electron chi connectivity index (χ2n) is 5.56. The number of nitrogens with zero attached hydrogens (tertiary/aromatic N) is 1. The smallest absolute Gasteiger partial charge is 0.419 e. The molecule has 0 bridgehead atoms. The molecule has 1 amide bonds. The number of hydrogen-bond donors (Lipinski definition) is 2. The highest BCUT2D eigenvalue weighted by Gasteiger charge is 2.34. The topological polar surface area (TPSA) is 69.6 Å². The lowest BCUT2D eigenvalue weighted by Gasteiger charge is -2.31. The predicted octanol–water partition coefficient (Wildman–Crippen LogP) is 2.76. The van der Waals surface area contributed by atoms with Gasteiger partial charge in [0.1, 0.15) is 5.82 Å². The normalized spacial score (nSPS) is 18.5. The van der Waals surface area contributed by atoms with Crippen LogP contribution in [0.5, 0.6) is 0 Å². The molecule has 1 aromatic carbocycles. The van der Waals surface area contributed by atoms with Crippen molar-refractivity contribution in [3.8, 4) is 0 Å². The van der Waals surface area contributed by atoms with E-state index >= 15 is 0 Å². The van der Waals surface area contributed by atoms with Crippen LogP contribution in [0.3, 0.4) is 0 Å². The van der Waals surface area contributed by atoms with Gasteiger partial charge < -0.3 is 15.3 Å². The van der Waals surface area contributed by atoms with Crippen molar-refractivity contribution in [3.05, 3.63) is 35.1 Å². The average Bonchev–Trinajstić information content (AvgIpc) is 2.52. The lowest BCUT2D eigenvalue weighted by atomic mass is 10.0. The van der Waals surface area contributed by atoms with E-state index in [1.165, 1.54) is 4.90 Å². The van der Waals surface area contributed by atoms with Crippen LogP contribution in [-0.2, 0) is 6.18 Å². The van der Waals surface area contributed by atoms with Crippen molar-refractivity contribution in [1.82, 2.24) is 10.2 Å². The number of hydrogen-bond acceptors (Lipinski definition) is 3. The maximum absolute atomic E-state index is 13.2. The fraction of sp³-hybridized carbons (Fsp3) is 0.467. The number of ketones is 1. The SMILES string of the molecule is O=C(CN[C@@H]1CCCN(C(=O)O)C1)c1ccc(F)c(C(F)(F)F)c1. The zero-order chi connectivity index (χ0) is 17.9. The molecule has 0 aromatic heterocycles. The molecular formula is C15H16F4N2O3. The van der Waals surface area contributed by atoms with Crippen molar-refractivity contribution < 1.29 is 32.3 Å². The molecule has 1 fully saturated rings. The molecule has 24 heavy (non-hydrogen) atoms. The number of likely N-dealkylation sites (tertiary alicyclic amines) is 1. The Bertz CT molecular complexity index is 634. The minimum absolute atomic E-state index is 0.208. The minimum Gasteiger partial charge on any atom is -0.465 e. The van der Waals surface area contributed by atoms with Gasteiger partial charge in [-0.2, -0.15) is 13.2 Å². The molecule has 0 aliphatic carbocycles. The Labute approximate surface area is 135 Å². The van der Waals surface area contributed by atoms with Crippen molar-refractivity contribution in [1.29, 1.82) is 0 Å². The van der Waals surface area contributed by atoms with Gasteiger partial charge in [0.2, 0.25) is 0 Å². The highest BCUT2D eigenvalue weighted by Crippen LogP contribution is 2.31. The van der Waals surface area contributed by atoms with E-state index in [-0.39, 0.29) is 24.7 Å². The molecule has 0 spiro atoms. The summed E-state index contributed by atoms with van der Waals surface area (Å²) in [6.45, 7) is 0.370. The summed E-state index contributed by atoms with van der Waals surface area (Å²) in [5.74, 6) is -2.05. The van der Waals surface area contributed by atoms with Crippen LogP contribution < -0.4 is 5.32 Å². The fourth-order valence-electron chi connectivity index (χ4n) is 2.57. The molecule has 1 aliphatic heterocycles. The van der Waals surface area contributed by atoms with Crippen molar-refractivity contribution >= 4 is 11.9 Å². The Balaban J connectivity index is 1.99. The maximum atomic E-state index is 13.2. The zero-order valence-electron chi connectivity index (χ0n) is 12.6. The van der Waals surface area contributed by atoms with Crippen molar-refractivity contribution in [3.63, 3.8) is 0 Å². The second-order valence-corrected chi connectivity index (χ2v) is 5.56. The molecule has 0 radical (unpaired) electrons. The number of amides is 1. The summed E-state index contributed by atoms with van der Waals surface area (Å²) in [7, 11) is 0. The maximum Gasteiger partial charge on any atom is 0.419 e. The number of carboxylic acid groups (broad SMARTS) is 1. The van der Waals surface area contributed by atoms with Crippen LogP contribution in [0.2, 0.25) is 0 Å². The second kappa shape index (κ2) is 7.16. The van der Waals surface area contributed by atoms with Gasteiger partial charge >= 0.3 is 12.3 Å². The van der Waals surface area contributed by atoms with E-state index in [2.05, 4.69) is 5.32 Å². The molecule has 2 N–H and O–H groups in total. The van der Waals surface area contributed by atoms with E-state index in [0.717, 1.165) is 6.07 Å². The Morgan fingerprint density at radius 1 is 1.33 bits per heavy atom. The number of carbonyl (C=O) groups is 2. The van der Waals surface area contributed by atoms with Crippen LogP contribution in [0.25, 0.3) is 0 Å². The molecule has 5 nitrogen and oxygen atoms in total. The third-order valence-electron chi connectivity index (χ3n) is 3.84. The molecule has 1 saturated heterocycles. The van der Waals surface area contributed by atoms with Crippen LogP contribution >= 0.6 is 0 Å². The standard InChI is InChI=1S/C15H16F4N2O3/c16-12-4-3-9(6-11(12)15(17,18)19)13(22)7-20-10-2-1-5-21(8-10)14(23)24/h3-4,6,10,20H,1-2,5,7-8H2,(H,23,24)/t10-/m1/s1. The van der Waals surface area contributed by atoms with Crippen molar-refractivity contribution in [2.24, 2.45) is 0 Å². The summed E-state index contributed by atoms with van der Waals surface area (Å²) >= 11 is 0. The van der Waals surface area contributed by atoms with Crippen molar-refractivity contribution in [2.45, 2.75) is 25.1 Å². The van der Waals surface area contributed by atoms with Gasteiger partial charge in [-0.1, -0.05) is 0 Å². The van der Waals surface area contributed by atoms with E-state index in [1.807, 2.05) is 0 Å². The van der Waals surface area contributed by atoms with E-state index in [4.69, 9.17) is 5.11 Å². The Morgan fingerprint density at radius 3 is 2.67 bits per heavy atom. The molecule has 1 aliphatic rings. The predicted molar refractivity (Wildman–Crippen MR) is 76.4 cm³/mol. The number of Topliss-reactive ketones (excluding diaryl/α,β-unsaturated/α-hetero) is 1. The van der Waals surface area contributed by atoms with Gasteiger partial charge in [-0.05, 0) is 31.0 Å². The molecule has 1 heterocycles.